The minimum atomic E-state index is -0.871. The molecule has 0 spiro atoms. The smallest absolute Gasteiger partial charge is 0.417 e. The summed E-state index contributed by atoms with van der Waals surface area (Å²) in [5.41, 5.74) is -0.724. The molecule has 2 amide bonds. The lowest BCUT2D eigenvalue weighted by Gasteiger charge is -2.26. The predicted molar refractivity (Wildman–Crippen MR) is 81.1 cm³/mol. The molecule has 0 bridgehead atoms. The van der Waals surface area contributed by atoms with Crippen LogP contribution in [0.15, 0.2) is 0 Å². The van der Waals surface area contributed by atoms with E-state index in [4.69, 9.17) is 9.47 Å². The number of hydrogen-bond donors (Lipinski definition) is 0. The van der Waals surface area contributed by atoms with Crippen LogP contribution in [0.5, 0.6) is 0 Å². The fourth-order valence-corrected chi connectivity index (χ4v) is 2.31. The van der Waals surface area contributed by atoms with E-state index in [1.54, 1.807) is 20.8 Å². The third kappa shape index (κ3) is 4.71. The van der Waals surface area contributed by atoms with Crippen LogP contribution < -0.4 is 0 Å². The van der Waals surface area contributed by atoms with Crippen molar-refractivity contribution in [3.05, 3.63) is 0 Å². The topological polar surface area (TPSA) is 72.9 Å². The first kappa shape index (κ1) is 18.5. The highest BCUT2D eigenvalue weighted by atomic mass is 16.6. The number of rotatable bonds is 5. The molecule has 0 aromatic heterocycles. The van der Waals surface area contributed by atoms with Gasteiger partial charge in [-0.05, 0) is 40.0 Å². The summed E-state index contributed by atoms with van der Waals surface area (Å²) in [4.78, 5) is 37.7. The van der Waals surface area contributed by atoms with Gasteiger partial charge in [-0.15, -0.1) is 0 Å². The number of hydrogen-bond acceptors (Lipinski definition) is 5. The van der Waals surface area contributed by atoms with Gasteiger partial charge in [0.1, 0.15) is 11.6 Å². The predicted octanol–water partition coefficient (Wildman–Crippen LogP) is 2.89. The van der Waals surface area contributed by atoms with Crippen LogP contribution in [0, 0.1) is 5.92 Å². The molecular formula is C16H27NO5. The lowest BCUT2D eigenvalue weighted by molar-refractivity contribution is -0.151. The van der Waals surface area contributed by atoms with E-state index >= 15 is 0 Å². The van der Waals surface area contributed by atoms with Crippen molar-refractivity contribution in [3.63, 3.8) is 0 Å². The molecule has 0 aromatic carbocycles. The minimum absolute atomic E-state index is 0.305. The Labute approximate surface area is 132 Å². The van der Waals surface area contributed by atoms with Gasteiger partial charge in [-0.2, -0.15) is 0 Å². The van der Waals surface area contributed by atoms with Gasteiger partial charge >= 0.3 is 12.1 Å². The molecule has 6 heteroatoms. The summed E-state index contributed by atoms with van der Waals surface area (Å²) < 4.78 is 10.4. The zero-order valence-electron chi connectivity index (χ0n) is 14.2. The number of ether oxygens (including phenoxy) is 2. The van der Waals surface area contributed by atoms with Gasteiger partial charge in [-0.25, -0.2) is 14.5 Å². The number of amides is 2. The van der Waals surface area contributed by atoms with Crippen molar-refractivity contribution >= 4 is 18.0 Å². The molecule has 0 saturated carbocycles. The molecule has 6 nitrogen and oxygen atoms in total. The van der Waals surface area contributed by atoms with Gasteiger partial charge in [0, 0.05) is 5.92 Å². The second-order valence-corrected chi connectivity index (χ2v) is 6.57. The first-order valence-electron chi connectivity index (χ1n) is 7.94. The van der Waals surface area contributed by atoms with Gasteiger partial charge in [-0.3, -0.25) is 4.79 Å². The lowest BCUT2D eigenvalue weighted by atomic mass is 10.0. The normalized spacial score (nSPS) is 21.9. The van der Waals surface area contributed by atoms with E-state index in [9.17, 15) is 14.4 Å². The van der Waals surface area contributed by atoms with Crippen molar-refractivity contribution in [2.45, 2.75) is 71.9 Å². The number of likely N-dealkylation sites (tertiary alicyclic amines) is 1. The molecule has 0 unspecified atom stereocenters. The molecule has 126 valence electrons. The van der Waals surface area contributed by atoms with Gasteiger partial charge in [-0.1, -0.05) is 20.3 Å². The van der Waals surface area contributed by atoms with Crippen LogP contribution in [-0.2, 0) is 19.1 Å². The molecule has 1 fully saturated rings. The van der Waals surface area contributed by atoms with Gasteiger partial charge in [0.15, 0.2) is 0 Å². The third-order valence-corrected chi connectivity index (χ3v) is 3.50. The first-order chi connectivity index (χ1) is 10.2. The summed E-state index contributed by atoms with van der Waals surface area (Å²) in [6, 6.07) is -0.871. The maximum atomic E-state index is 12.3. The summed E-state index contributed by atoms with van der Waals surface area (Å²) in [5, 5.41) is 0. The Bertz CT molecular complexity index is 427. The van der Waals surface area contributed by atoms with Gasteiger partial charge in [0.05, 0.1) is 6.61 Å². The zero-order valence-corrected chi connectivity index (χ0v) is 14.2. The molecule has 0 aromatic rings. The molecule has 0 aliphatic carbocycles. The van der Waals surface area contributed by atoms with E-state index in [1.807, 2.05) is 13.8 Å². The SMILES string of the molecule is CCCCOC(=O)[C@@H]1C[C@H](CC)C(=O)N1C(=O)OC(C)(C)C. The maximum Gasteiger partial charge on any atom is 0.417 e. The summed E-state index contributed by atoms with van der Waals surface area (Å²) in [5.74, 6) is -1.21. The molecule has 1 heterocycles. The molecule has 22 heavy (non-hydrogen) atoms. The summed E-state index contributed by atoms with van der Waals surface area (Å²) in [6.07, 6.45) is 1.78. The Balaban J connectivity index is 2.85. The molecule has 2 atom stereocenters. The Morgan fingerprint density at radius 2 is 1.91 bits per heavy atom. The first-order valence-corrected chi connectivity index (χ1v) is 7.94. The van der Waals surface area contributed by atoms with Crippen molar-refractivity contribution in [2.75, 3.05) is 6.61 Å². The number of carbonyl (C=O) groups is 3. The highest BCUT2D eigenvalue weighted by molar-refractivity contribution is 6.00. The summed E-state index contributed by atoms with van der Waals surface area (Å²) >= 11 is 0. The highest BCUT2D eigenvalue weighted by Gasteiger charge is 2.48. The average Bonchev–Trinajstić information content (AvgIpc) is 2.74. The van der Waals surface area contributed by atoms with Crippen molar-refractivity contribution in [1.82, 2.24) is 4.90 Å². The van der Waals surface area contributed by atoms with Crippen LogP contribution >= 0.6 is 0 Å². The number of nitrogens with zero attached hydrogens (tertiary/aromatic N) is 1. The Morgan fingerprint density at radius 3 is 2.41 bits per heavy atom. The molecule has 0 radical (unpaired) electrons. The van der Waals surface area contributed by atoms with Crippen molar-refractivity contribution in [3.8, 4) is 0 Å². The Morgan fingerprint density at radius 1 is 1.27 bits per heavy atom. The monoisotopic (exact) mass is 313 g/mol. The number of carbonyl (C=O) groups excluding carboxylic acids is 3. The standard InChI is InChI=1S/C16H27NO5/c1-6-8-9-21-14(19)12-10-11(7-2)13(18)17(12)15(20)22-16(3,4)5/h11-12H,6-10H2,1-5H3/t11-,12-/m0/s1. The van der Waals surface area contributed by atoms with E-state index in [0.717, 1.165) is 17.7 Å². The van der Waals surface area contributed by atoms with E-state index in [1.165, 1.54) is 0 Å². The minimum Gasteiger partial charge on any atom is -0.464 e. The lowest BCUT2D eigenvalue weighted by Crippen LogP contribution is -2.46. The summed E-state index contributed by atoms with van der Waals surface area (Å²) in [7, 11) is 0. The molecule has 1 aliphatic rings. The van der Waals surface area contributed by atoms with Crippen LogP contribution in [-0.4, -0.2) is 41.1 Å². The van der Waals surface area contributed by atoms with Gasteiger partial charge < -0.3 is 9.47 Å². The van der Waals surface area contributed by atoms with Crippen molar-refractivity contribution in [2.24, 2.45) is 5.92 Å². The summed E-state index contributed by atoms with van der Waals surface area (Å²) in [6.45, 7) is 9.32. The molecule has 1 saturated heterocycles. The Kier molecular flexibility index (Phi) is 6.38. The largest absolute Gasteiger partial charge is 0.464 e. The molecular weight excluding hydrogens is 286 g/mol. The van der Waals surface area contributed by atoms with Gasteiger partial charge in [0.2, 0.25) is 5.91 Å². The number of esters is 1. The van der Waals surface area contributed by atoms with E-state index < -0.39 is 23.7 Å². The quantitative estimate of drug-likeness (QED) is 0.576. The van der Waals surface area contributed by atoms with Crippen LogP contribution in [0.4, 0.5) is 4.79 Å². The van der Waals surface area contributed by atoms with E-state index in [-0.39, 0.29) is 11.8 Å². The highest BCUT2D eigenvalue weighted by Crippen LogP contribution is 2.29. The maximum absolute atomic E-state index is 12.3. The average molecular weight is 313 g/mol. The fourth-order valence-electron chi connectivity index (χ4n) is 2.31. The third-order valence-electron chi connectivity index (χ3n) is 3.50. The van der Waals surface area contributed by atoms with E-state index in [0.29, 0.717) is 19.4 Å². The zero-order chi connectivity index (χ0) is 16.9. The van der Waals surface area contributed by atoms with E-state index in [2.05, 4.69) is 0 Å². The van der Waals surface area contributed by atoms with Crippen molar-refractivity contribution < 1.29 is 23.9 Å². The number of imide groups is 1. The molecule has 0 N–H and O–H groups in total. The second-order valence-electron chi connectivity index (χ2n) is 6.57. The second kappa shape index (κ2) is 7.61. The van der Waals surface area contributed by atoms with Crippen LogP contribution in [0.1, 0.15) is 60.3 Å². The fraction of sp³-hybridized carbons (Fsp3) is 0.812. The number of unbranched alkanes of at least 4 members (excludes halogenated alkanes) is 1. The van der Waals surface area contributed by atoms with Gasteiger partial charge in [0.25, 0.3) is 0 Å². The van der Waals surface area contributed by atoms with Crippen LogP contribution in [0.3, 0.4) is 0 Å². The molecule has 1 aliphatic heterocycles. The van der Waals surface area contributed by atoms with Crippen LogP contribution in [0.2, 0.25) is 0 Å². The van der Waals surface area contributed by atoms with Crippen molar-refractivity contribution in [1.29, 1.82) is 0 Å². The molecule has 1 rings (SSSR count). The Hall–Kier alpha value is -1.59. The van der Waals surface area contributed by atoms with Crippen LogP contribution in [0.25, 0.3) is 0 Å².